The molecule has 3 nitrogen and oxygen atoms in total. The molecular weight excluding hydrogens is 476 g/mol. The van der Waals surface area contributed by atoms with Gasteiger partial charge in [0.25, 0.3) is 5.91 Å². The number of amides is 1. The minimum Gasteiger partial charge on any atom is -0.333 e. The van der Waals surface area contributed by atoms with E-state index in [0.717, 1.165) is 35.0 Å². The molecular formula is C36H36N2O. The summed E-state index contributed by atoms with van der Waals surface area (Å²) in [6, 6.07) is 24.1. The van der Waals surface area contributed by atoms with Crippen molar-refractivity contribution in [2.24, 2.45) is 0 Å². The number of hydrogen-bond acceptors (Lipinski definition) is 2. The molecule has 7 rings (SSSR count). The highest BCUT2D eigenvalue weighted by Gasteiger charge is 2.36. The van der Waals surface area contributed by atoms with Crippen molar-refractivity contribution in [3.63, 3.8) is 0 Å². The van der Waals surface area contributed by atoms with Crippen LogP contribution in [0.4, 0.5) is 0 Å². The van der Waals surface area contributed by atoms with Crippen LogP contribution in [0.3, 0.4) is 0 Å². The van der Waals surface area contributed by atoms with Gasteiger partial charge in [-0.15, -0.1) is 0 Å². The maximum atomic E-state index is 13.7. The number of hydrogen-bond donors (Lipinski definition) is 0. The molecule has 0 saturated heterocycles. The van der Waals surface area contributed by atoms with Crippen LogP contribution in [0.5, 0.6) is 0 Å². The molecule has 3 atom stereocenters. The molecule has 196 valence electrons. The first-order valence-corrected chi connectivity index (χ1v) is 14.6. The molecule has 4 aromatic rings. The molecule has 0 bridgehead atoms. The van der Waals surface area contributed by atoms with E-state index < -0.39 is 0 Å². The number of carbonyl (C=O) groups excluding carboxylic acids is 1. The van der Waals surface area contributed by atoms with Gasteiger partial charge >= 0.3 is 0 Å². The lowest BCUT2D eigenvalue weighted by Crippen LogP contribution is -2.30. The largest absolute Gasteiger partial charge is 0.333 e. The van der Waals surface area contributed by atoms with Crippen molar-refractivity contribution in [2.75, 3.05) is 7.05 Å². The van der Waals surface area contributed by atoms with Crippen LogP contribution in [0.15, 0.2) is 72.8 Å². The van der Waals surface area contributed by atoms with Gasteiger partial charge in [0.15, 0.2) is 0 Å². The summed E-state index contributed by atoms with van der Waals surface area (Å²) < 4.78 is 0. The number of carbonyl (C=O) groups is 1. The van der Waals surface area contributed by atoms with E-state index in [1.165, 1.54) is 52.6 Å². The van der Waals surface area contributed by atoms with Crippen LogP contribution in [0, 0.1) is 0 Å². The fraction of sp³-hybridized carbons (Fsp3) is 0.333. The van der Waals surface area contributed by atoms with Gasteiger partial charge in [0.05, 0.1) is 17.3 Å². The summed E-state index contributed by atoms with van der Waals surface area (Å²) in [7, 11) is 1.95. The predicted octanol–water partition coefficient (Wildman–Crippen LogP) is 9.01. The lowest BCUT2D eigenvalue weighted by Gasteiger charge is -2.27. The van der Waals surface area contributed by atoms with Crippen molar-refractivity contribution in [3.8, 4) is 11.1 Å². The molecule has 1 aliphatic heterocycles. The van der Waals surface area contributed by atoms with Crippen molar-refractivity contribution in [1.82, 2.24) is 9.88 Å². The maximum absolute atomic E-state index is 13.7. The van der Waals surface area contributed by atoms with Gasteiger partial charge in [-0.3, -0.25) is 9.78 Å². The van der Waals surface area contributed by atoms with E-state index in [2.05, 4.69) is 86.7 Å². The fourth-order valence-corrected chi connectivity index (χ4v) is 6.90. The van der Waals surface area contributed by atoms with Gasteiger partial charge in [-0.05, 0) is 114 Å². The van der Waals surface area contributed by atoms with Crippen LogP contribution in [-0.4, -0.2) is 22.8 Å². The Labute approximate surface area is 231 Å². The molecule has 3 aromatic carbocycles. The minimum atomic E-state index is -0.0469. The quantitative estimate of drug-likeness (QED) is 0.274. The van der Waals surface area contributed by atoms with Crippen LogP contribution >= 0.6 is 0 Å². The fourth-order valence-electron chi connectivity index (χ4n) is 6.90. The molecule has 1 saturated carbocycles. The molecule has 1 amide bonds. The second kappa shape index (κ2) is 9.48. The highest BCUT2D eigenvalue weighted by Crippen LogP contribution is 2.47. The minimum absolute atomic E-state index is 0.0469. The van der Waals surface area contributed by atoms with Crippen molar-refractivity contribution in [2.45, 2.75) is 69.7 Å². The van der Waals surface area contributed by atoms with E-state index >= 15 is 0 Å². The predicted molar refractivity (Wildman–Crippen MR) is 160 cm³/mol. The summed E-state index contributed by atoms with van der Waals surface area (Å²) in [4.78, 5) is 20.7. The molecule has 39 heavy (non-hydrogen) atoms. The van der Waals surface area contributed by atoms with Crippen LogP contribution in [0.1, 0.15) is 108 Å². The first-order valence-electron chi connectivity index (χ1n) is 14.6. The Hall–Kier alpha value is -3.72. The zero-order valence-corrected chi connectivity index (χ0v) is 23.2. The summed E-state index contributed by atoms with van der Waals surface area (Å²) in [5.74, 6) is 1.64. The maximum Gasteiger partial charge on any atom is 0.254 e. The van der Waals surface area contributed by atoms with Gasteiger partial charge < -0.3 is 4.90 Å². The molecule has 0 radical (unpaired) electrons. The highest BCUT2D eigenvalue weighted by molar-refractivity contribution is 5.97. The Balaban J connectivity index is 1.21. The summed E-state index contributed by atoms with van der Waals surface area (Å²) in [5.41, 5.74) is 10.7. The summed E-state index contributed by atoms with van der Waals surface area (Å²) >= 11 is 0. The van der Waals surface area contributed by atoms with Crippen LogP contribution in [-0.2, 0) is 0 Å². The van der Waals surface area contributed by atoms with Gasteiger partial charge in [0.2, 0.25) is 0 Å². The van der Waals surface area contributed by atoms with Crippen molar-refractivity contribution in [1.29, 1.82) is 0 Å². The molecule has 2 aliphatic carbocycles. The SMILES string of the molecule is CC1CC(c2ccc3cc(-c4ccc5c(c4)C=CCC[C@H]5C)ccc3n2)N(C)C(=O)c2cccc(C3CC3)c21. The van der Waals surface area contributed by atoms with E-state index in [1.807, 2.05) is 18.0 Å². The Bertz CT molecular complexity index is 1630. The van der Waals surface area contributed by atoms with Crippen LogP contribution < -0.4 is 0 Å². The molecule has 1 aromatic heterocycles. The van der Waals surface area contributed by atoms with Crippen LogP contribution in [0.2, 0.25) is 0 Å². The monoisotopic (exact) mass is 512 g/mol. The Morgan fingerprint density at radius 2 is 1.67 bits per heavy atom. The summed E-state index contributed by atoms with van der Waals surface area (Å²) in [6.45, 7) is 4.61. The van der Waals surface area contributed by atoms with Crippen molar-refractivity contribution in [3.05, 3.63) is 106 Å². The third kappa shape index (κ3) is 4.29. The first kappa shape index (κ1) is 24.3. The molecule has 2 heterocycles. The Morgan fingerprint density at radius 1 is 0.846 bits per heavy atom. The van der Waals surface area contributed by atoms with E-state index in [1.54, 1.807) is 0 Å². The molecule has 0 spiro atoms. The average Bonchev–Trinajstić information content (AvgIpc) is 3.83. The molecule has 3 aliphatic rings. The van der Waals surface area contributed by atoms with E-state index in [4.69, 9.17) is 4.98 Å². The Kier molecular flexibility index (Phi) is 5.91. The van der Waals surface area contributed by atoms with Gasteiger partial charge in [-0.1, -0.05) is 62.4 Å². The molecule has 3 heteroatoms. The molecule has 2 unspecified atom stereocenters. The summed E-state index contributed by atoms with van der Waals surface area (Å²) in [6.07, 6.45) is 10.3. The van der Waals surface area contributed by atoms with Crippen molar-refractivity contribution < 1.29 is 4.79 Å². The number of aromatic nitrogens is 1. The van der Waals surface area contributed by atoms with Gasteiger partial charge in [-0.2, -0.15) is 0 Å². The third-order valence-corrected chi connectivity index (χ3v) is 9.31. The number of nitrogens with zero attached hydrogens (tertiary/aromatic N) is 2. The number of pyridine rings is 1. The van der Waals surface area contributed by atoms with E-state index in [9.17, 15) is 4.79 Å². The zero-order chi connectivity index (χ0) is 26.7. The second-order valence-corrected chi connectivity index (χ2v) is 12.0. The normalized spacial score (nSPS) is 22.8. The topological polar surface area (TPSA) is 33.2 Å². The molecule has 0 N–H and O–H groups in total. The van der Waals surface area contributed by atoms with Crippen LogP contribution in [0.25, 0.3) is 28.1 Å². The van der Waals surface area contributed by atoms with Gasteiger partial charge in [-0.25, -0.2) is 0 Å². The van der Waals surface area contributed by atoms with E-state index in [0.29, 0.717) is 17.8 Å². The average molecular weight is 513 g/mol. The summed E-state index contributed by atoms with van der Waals surface area (Å²) in [5, 5.41) is 1.13. The second-order valence-electron chi connectivity index (χ2n) is 12.0. The Morgan fingerprint density at radius 3 is 2.51 bits per heavy atom. The molecule has 1 fully saturated rings. The number of benzene rings is 3. The lowest BCUT2D eigenvalue weighted by atomic mass is 9.86. The smallest absolute Gasteiger partial charge is 0.254 e. The first-order chi connectivity index (χ1) is 19.0. The lowest BCUT2D eigenvalue weighted by molar-refractivity contribution is 0.0727. The highest BCUT2D eigenvalue weighted by atomic mass is 16.2. The standard InChI is InChI=1S/C36H36N2O/c1-22-7-4-5-8-27-20-25(13-16-29(22)27)26-14-17-32-28(21-26)15-18-33(37-32)34-19-23(2)35-30(24-11-12-24)9-6-10-31(35)36(39)38(34)3/h5-6,8-10,13-18,20-24,34H,4,7,11-12,19H2,1-3H3/t22-,23?,34?/m1/s1. The van der Waals surface area contributed by atoms with E-state index in [-0.39, 0.29) is 11.9 Å². The number of allylic oxidation sites excluding steroid dienone is 1. The zero-order valence-electron chi connectivity index (χ0n) is 23.2. The third-order valence-electron chi connectivity index (χ3n) is 9.31. The van der Waals surface area contributed by atoms with Crippen molar-refractivity contribution >= 4 is 22.9 Å². The number of fused-ring (bicyclic) bond motifs is 3. The number of rotatable bonds is 3. The van der Waals surface area contributed by atoms with Gasteiger partial charge in [0, 0.05) is 18.0 Å². The van der Waals surface area contributed by atoms with Gasteiger partial charge in [0.1, 0.15) is 0 Å².